The Hall–Kier alpha value is -2.16. The fraction of sp³-hybridized carbons (Fsp3) is 0.700. The lowest BCUT2D eigenvalue weighted by atomic mass is 10.1. The normalized spacial score (nSPS) is 12.8. The number of thiazole rings is 1. The average molecular weight is 429 g/mol. The smallest absolute Gasteiger partial charge is 0.350 e. The molecule has 1 aromatic heterocycles. The van der Waals surface area contributed by atoms with Crippen LogP contribution in [0.25, 0.3) is 0 Å². The Kier molecular flexibility index (Phi) is 8.62. The van der Waals surface area contributed by atoms with E-state index < -0.39 is 35.2 Å². The summed E-state index contributed by atoms with van der Waals surface area (Å²) in [7, 11) is 0. The van der Waals surface area contributed by atoms with E-state index in [1.807, 2.05) is 0 Å². The molecule has 0 amide bonds. The molecule has 0 saturated carbocycles. The Balaban J connectivity index is 2.94. The molecule has 0 aliphatic carbocycles. The van der Waals surface area contributed by atoms with Crippen LogP contribution in [0.4, 0.5) is 5.13 Å². The van der Waals surface area contributed by atoms with Crippen LogP contribution < -0.4 is 5.32 Å². The number of aryl methyl sites for hydroxylation is 1. The maximum Gasteiger partial charge on any atom is 0.350 e. The summed E-state index contributed by atoms with van der Waals surface area (Å²) in [6.07, 6.45) is 0.195. The van der Waals surface area contributed by atoms with E-state index in [0.717, 1.165) is 11.3 Å². The Morgan fingerprint density at radius 1 is 1.07 bits per heavy atom. The van der Waals surface area contributed by atoms with Gasteiger partial charge in [-0.15, -0.1) is 0 Å². The van der Waals surface area contributed by atoms with Gasteiger partial charge in [0.25, 0.3) is 0 Å². The van der Waals surface area contributed by atoms with Gasteiger partial charge in [0.15, 0.2) is 5.13 Å². The van der Waals surface area contributed by atoms with E-state index in [1.165, 1.54) is 0 Å². The summed E-state index contributed by atoms with van der Waals surface area (Å²) < 4.78 is 15.8. The molecule has 8 nitrogen and oxygen atoms in total. The van der Waals surface area contributed by atoms with Crippen LogP contribution in [-0.4, -0.2) is 46.7 Å². The maximum absolute atomic E-state index is 12.6. The second kappa shape index (κ2) is 10.0. The van der Waals surface area contributed by atoms with Crippen molar-refractivity contribution >= 4 is 34.4 Å². The van der Waals surface area contributed by atoms with Crippen LogP contribution in [0.3, 0.4) is 0 Å². The minimum Gasteiger partial charge on any atom is -0.462 e. The quantitative estimate of drug-likeness (QED) is 0.491. The number of rotatable bonds is 8. The zero-order valence-electron chi connectivity index (χ0n) is 18.5. The first kappa shape index (κ1) is 24.9. The van der Waals surface area contributed by atoms with Gasteiger partial charge < -0.3 is 19.5 Å². The van der Waals surface area contributed by atoms with Gasteiger partial charge in [0, 0.05) is 6.42 Å². The van der Waals surface area contributed by atoms with E-state index >= 15 is 0 Å². The molecule has 0 spiro atoms. The van der Waals surface area contributed by atoms with Crippen LogP contribution >= 0.6 is 11.3 Å². The minimum atomic E-state index is -0.817. The third-order valence-corrected chi connectivity index (χ3v) is 4.37. The topological polar surface area (TPSA) is 104 Å². The van der Waals surface area contributed by atoms with Crippen LogP contribution in [0.2, 0.25) is 0 Å². The highest BCUT2D eigenvalue weighted by Gasteiger charge is 2.28. The van der Waals surface area contributed by atoms with Gasteiger partial charge in [0.05, 0.1) is 12.3 Å². The third-order valence-electron chi connectivity index (χ3n) is 3.30. The lowest BCUT2D eigenvalue weighted by molar-refractivity contribution is -0.157. The van der Waals surface area contributed by atoms with Crippen LogP contribution in [-0.2, 0) is 23.8 Å². The Morgan fingerprint density at radius 3 is 2.17 bits per heavy atom. The predicted molar refractivity (Wildman–Crippen MR) is 111 cm³/mol. The SMILES string of the molecule is CCOC(=O)c1sc(N[C@@H](CCC(=O)OC(C)(C)C)C(=O)OC(C)(C)C)nc1C. The molecule has 0 fully saturated rings. The number of nitrogens with zero attached hydrogens (tertiary/aromatic N) is 1. The molecule has 0 saturated heterocycles. The predicted octanol–water partition coefficient (Wildman–Crippen LogP) is 3.87. The maximum atomic E-state index is 12.6. The van der Waals surface area contributed by atoms with Gasteiger partial charge in [-0.1, -0.05) is 11.3 Å². The number of esters is 3. The van der Waals surface area contributed by atoms with Crippen molar-refractivity contribution in [3.63, 3.8) is 0 Å². The first-order valence-electron chi connectivity index (χ1n) is 9.57. The van der Waals surface area contributed by atoms with Crippen molar-refractivity contribution in [3.8, 4) is 0 Å². The van der Waals surface area contributed by atoms with Crippen LogP contribution in [0, 0.1) is 6.92 Å². The molecule has 164 valence electrons. The van der Waals surface area contributed by atoms with Gasteiger partial charge in [-0.3, -0.25) is 4.79 Å². The highest BCUT2D eigenvalue weighted by Crippen LogP contribution is 2.25. The number of carbonyl (C=O) groups excluding carboxylic acids is 3. The molecule has 1 atom stereocenters. The number of carbonyl (C=O) groups is 3. The zero-order chi connectivity index (χ0) is 22.4. The van der Waals surface area contributed by atoms with E-state index in [-0.39, 0.29) is 19.4 Å². The first-order chi connectivity index (χ1) is 13.2. The molecule has 0 aliphatic rings. The molecule has 0 bridgehead atoms. The summed E-state index contributed by atoms with van der Waals surface area (Å²) in [4.78, 5) is 41.4. The van der Waals surface area contributed by atoms with Crippen LogP contribution in [0.1, 0.15) is 76.7 Å². The number of nitrogens with one attached hydrogen (secondary N) is 1. The number of hydrogen-bond donors (Lipinski definition) is 1. The second-order valence-electron chi connectivity index (χ2n) is 8.51. The van der Waals surface area contributed by atoms with Crippen LogP contribution in [0.5, 0.6) is 0 Å². The van der Waals surface area contributed by atoms with Gasteiger partial charge in [-0.05, 0) is 61.8 Å². The summed E-state index contributed by atoms with van der Waals surface area (Å²) >= 11 is 1.09. The van der Waals surface area contributed by atoms with Crippen molar-refractivity contribution in [2.24, 2.45) is 0 Å². The highest BCUT2D eigenvalue weighted by molar-refractivity contribution is 7.17. The van der Waals surface area contributed by atoms with Gasteiger partial charge in [-0.25, -0.2) is 14.6 Å². The molecular formula is C20H32N2O6S. The third kappa shape index (κ3) is 9.25. The standard InChI is InChI=1S/C20H32N2O6S/c1-9-26-17(25)15-12(2)21-18(29-15)22-13(16(24)28-20(6,7)8)10-11-14(23)27-19(3,4)5/h13H,9-11H2,1-8H3,(H,21,22)/t13-/m0/s1. The Bertz CT molecular complexity index is 730. The number of aromatic nitrogens is 1. The summed E-state index contributed by atoms with van der Waals surface area (Å²) in [5.74, 6) is -1.37. The van der Waals surface area contributed by atoms with Crippen molar-refractivity contribution in [3.05, 3.63) is 10.6 Å². The first-order valence-corrected chi connectivity index (χ1v) is 10.4. The summed E-state index contributed by atoms with van der Waals surface area (Å²) in [5.41, 5.74) is -0.781. The molecule has 1 rings (SSSR count). The van der Waals surface area contributed by atoms with Crippen molar-refractivity contribution in [1.82, 2.24) is 4.98 Å². The largest absolute Gasteiger partial charge is 0.462 e. The van der Waals surface area contributed by atoms with E-state index in [0.29, 0.717) is 15.7 Å². The van der Waals surface area contributed by atoms with Gasteiger partial charge in [0.1, 0.15) is 22.1 Å². The molecule has 0 radical (unpaired) electrons. The van der Waals surface area contributed by atoms with Crippen molar-refractivity contribution in [1.29, 1.82) is 0 Å². The molecule has 9 heteroatoms. The van der Waals surface area contributed by atoms with Crippen molar-refractivity contribution in [2.45, 2.75) is 85.5 Å². The minimum absolute atomic E-state index is 0.0310. The number of hydrogen-bond acceptors (Lipinski definition) is 9. The molecule has 1 aromatic rings. The zero-order valence-corrected chi connectivity index (χ0v) is 19.3. The lowest BCUT2D eigenvalue weighted by Gasteiger charge is -2.25. The van der Waals surface area contributed by atoms with E-state index in [1.54, 1.807) is 55.4 Å². The Labute approximate surface area is 176 Å². The lowest BCUT2D eigenvalue weighted by Crippen LogP contribution is -2.37. The Morgan fingerprint density at radius 2 is 1.66 bits per heavy atom. The highest BCUT2D eigenvalue weighted by atomic mass is 32.1. The van der Waals surface area contributed by atoms with Gasteiger partial charge in [0.2, 0.25) is 0 Å². The molecule has 0 aromatic carbocycles. The molecule has 1 N–H and O–H groups in total. The van der Waals surface area contributed by atoms with Crippen molar-refractivity contribution in [2.75, 3.05) is 11.9 Å². The summed E-state index contributed by atoms with van der Waals surface area (Å²) in [6, 6.07) is -0.817. The van der Waals surface area contributed by atoms with Crippen LogP contribution in [0.15, 0.2) is 0 Å². The fourth-order valence-electron chi connectivity index (χ4n) is 2.27. The molecular weight excluding hydrogens is 396 g/mol. The van der Waals surface area contributed by atoms with E-state index in [9.17, 15) is 14.4 Å². The molecule has 29 heavy (non-hydrogen) atoms. The summed E-state index contributed by atoms with van der Waals surface area (Å²) in [5, 5.41) is 3.38. The molecule has 0 aliphatic heterocycles. The van der Waals surface area contributed by atoms with Gasteiger partial charge >= 0.3 is 17.9 Å². The van der Waals surface area contributed by atoms with Crippen molar-refractivity contribution < 1.29 is 28.6 Å². The van der Waals surface area contributed by atoms with E-state index in [4.69, 9.17) is 14.2 Å². The monoisotopic (exact) mass is 428 g/mol. The molecule has 1 heterocycles. The fourth-order valence-corrected chi connectivity index (χ4v) is 3.18. The van der Waals surface area contributed by atoms with E-state index in [2.05, 4.69) is 10.3 Å². The second-order valence-corrected chi connectivity index (χ2v) is 9.51. The number of anilines is 1. The molecule has 0 unspecified atom stereocenters. The summed E-state index contributed by atoms with van der Waals surface area (Å²) in [6.45, 7) is 14.3. The average Bonchev–Trinajstić information content (AvgIpc) is 2.88. The number of ether oxygens (including phenoxy) is 3. The van der Waals surface area contributed by atoms with Gasteiger partial charge in [-0.2, -0.15) is 0 Å².